The molecule has 0 spiro atoms. The molecule has 94 valence electrons. The molecule has 18 heavy (non-hydrogen) atoms. The molecule has 3 rings (SSSR count). The second-order valence-electron chi connectivity index (χ2n) is 4.99. The SMILES string of the molecule is O=C(/C=C/c1ccc(Cl)cc1)[C@@]12CCCC[C@@H]1O2. The molecule has 1 saturated heterocycles. The van der Waals surface area contributed by atoms with Gasteiger partial charge in [0.05, 0.1) is 6.10 Å². The Kier molecular flexibility index (Phi) is 3.00. The average molecular weight is 263 g/mol. The van der Waals surface area contributed by atoms with Gasteiger partial charge in [-0.25, -0.2) is 0 Å². The number of fused-ring (bicyclic) bond motifs is 1. The molecule has 1 saturated carbocycles. The van der Waals surface area contributed by atoms with Crippen molar-refractivity contribution >= 4 is 23.5 Å². The minimum Gasteiger partial charge on any atom is -0.357 e. The zero-order valence-corrected chi connectivity index (χ0v) is 10.8. The Hall–Kier alpha value is -1.12. The third kappa shape index (κ3) is 2.11. The van der Waals surface area contributed by atoms with E-state index in [-0.39, 0.29) is 11.9 Å². The lowest BCUT2D eigenvalue weighted by atomic mass is 9.86. The van der Waals surface area contributed by atoms with Crippen LogP contribution in [0.3, 0.4) is 0 Å². The number of hydrogen-bond acceptors (Lipinski definition) is 2. The smallest absolute Gasteiger partial charge is 0.190 e. The van der Waals surface area contributed by atoms with Gasteiger partial charge in [-0.1, -0.05) is 36.2 Å². The largest absolute Gasteiger partial charge is 0.357 e. The molecule has 2 aliphatic rings. The second kappa shape index (κ2) is 4.52. The highest BCUT2D eigenvalue weighted by atomic mass is 35.5. The van der Waals surface area contributed by atoms with Crippen LogP contribution in [0.4, 0.5) is 0 Å². The first kappa shape index (κ1) is 11.9. The molecule has 0 N–H and O–H groups in total. The van der Waals surface area contributed by atoms with Gasteiger partial charge in [0.25, 0.3) is 0 Å². The maximum Gasteiger partial charge on any atom is 0.190 e. The first-order chi connectivity index (χ1) is 8.71. The summed E-state index contributed by atoms with van der Waals surface area (Å²) in [5.74, 6) is 0.113. The number of rotatable bonds is 3. The number of carbonyl (C=O) groups excluding carboxylic acids is 1. The fraction of sp³-hybridized carbons (Fsp3) is 0.400. The normalized spacial score (nSPS) is 30.2. The van der Waals surface area contributed by atoms with Crippen molar-refractivity contribution in [1.29, 1.82) is 0 Å². The first-order valence-corrected chi connectivity index (χ1v) is 6.74. The number of hydrogen-bond donors (Lipinski definition) is 0. The van der Waals surface area contributed by atoms with Crippen molar-refractivity contribution in [2.24, 2.45) is 0 Å². The summed E-state index contributed by atoms with van der Waals surface area (Å²) in [6, 6.07) is 7.44. The monoisotopic (exact) mass is 262 g/mol. The number of ether oxygens (including phenoxy) is 1. The summed E-state index contributed by atoms with van der Waals surface area (Å²) in [5.41, 5.74) is 0.512. The molecular formula is C15H15ClO2. The van der Waals surface area contributed by atoms with Crippen LogP contribution in [0.25, 0.3) is 6.08 Å². The second-order valence-corrected chi connectivity index (χ2v) is 5.43. The summed E-state index contributed by atoms with van der Waals surface area (Å²) in [5, 5.41) is 0.704. The molecule has 3 heteroatoms. The van der Waals surface area contributed by atoms with Crippen molar-refractivity contribution in [3.8, 4) is 0 Å². The van der Waals surface area contributed by atoms with Gasteiger partial charge in [0.15, 0.2) is 11.4 Å². The highest BCUT2D eigenvalue weighted by Gasteiger charge is 2.61. The van der Waals surface area contributed by atoms with Crippen LogP contribution in [0.2, 0.25) is 5.02 Å². The van der Waals surface area contributed by atoms with Crippen molar-refractivity contribution < 1.29 is 9.53 Å². The molecule has 1 aliphatic carbocycles. The lowest BCUT2D eigenvalue weighted by Crippen LogP contribution is -2.28. The zero-order valence-electron chi connectivity index (χ0n) is 10.1. The molecule has 1 aromatic rings. The van der Waals surface area contributed by atoms with E-state index in [2.05, 4.69) is 0 Å². The van der Waals surface area contributed by atoms with Crippen LogP contribution in [0.5, 0.6) is 0 Å². The van der Waals surface area contributed by atoms with Crippen LogP contribution < -0.4 is 0 Å². The number of benzene rings is 1. The van der Waals surface area contributed by atoms with Gasteiger partial charge >= 0.3 is 0 Å². The van der Waals surface area contributed by atoms with E-state index in [0.717, 1.165) is 24.8 Å². The molecule has 0 bridgehead atoms. The van der Waals surface area contributed by atoms with Gasteiger partial charge in [0.1, 0.15) is 0 Å². The summed E-state index contributed by atoms with van der Waals surface area (Å²) in [6.45, 7) is 0. The van der Waals surface area contributed by atoms with Gasteiger partial charge in [-0.05, 0) is 43.0 Å². The van der Waals surface area contributed by atoms with E-state index in [1.54, 1.807) is 6.08 Å². The summed E-state index contributed by atoms with van der Waals surface area (Å²) >= 11 is 5.81. The number of carbonyl (C=O) groups is 1. The van der Waals surface area contributed by atoms with Gasteiger partial charge in [-0.2, -0.15) is 0 Å². The molecule has 1 aliphatic heterocycles. The maximum atomic E-state index is 12.2. The van der Waals surface area contributed by atoms with Gasteiger partial charge in [0, 0.05) is 5.02 Å². The molecule has 1 aromatic carbocycles. The number of epoxide rings is 1. The predicted octanol–water partition coefficient (Wildman–Crippen LogP) is 3.63. The highest BCUT2D eigenvalue weighted by molar-refractivity contribution is 6.30. The van der Waals surface area contributed by atoms with Gasteiger partial charge in [-0.15, -0.1) is 0 Å². The summed E-state index contributed by atoms with van der Waals surface area (Å²) in [4.78, 5) is 12.2. The van der Waals surface area contributed by atoms with Crippen LogP contribution in [0.15, 0.2) is 30.3 Å². The fourth-order valence-electron chi connectivity index (χ4n) is 2.68. The molecule has 0 radical (unpaired) electrons. The van der Waals surface area contributed by atoms with Crippen molar-refractivity contribution in [1.82, 2.24) is 0 Å². The Morgan fingerprint density at radius 1 is 1.33 bits per heavy atom. The Balaban J connectivity index is 1.69. The lowest BCUT2D eigenvalue weighted by Gasteiger charge is -2.13. The molecule has 0 aromatic heterocycles. The third-order valence-electron chi connectivity index (χ3n) is 3.79. The van der Waals surface area contributed by atoms with E-state index in [1.807, 2.05) is 30.3 Å². The Bertz CT molecular complexity index is 492. The molecule has 1 heterocycles. The van der Waals surface area contributed by atoms with Crippen molar-refractivity contribution in [2.45, 2.75) is 37.4 Å². The number of halogens is 1. The summed E-state index contributed by atoms with van der Waals surface area (Å²) in [6.07, 6.45) is 7.84. The van der Waals surface area contributed by atoms with Crippen LogP contribution >= 0.6 is 11.6 Å². The summed E-state index contributed by atoms with van der Waals surface area (Å²) < 4.78 is 5.61. The molecular weight excluding hydrogens is 248 g/mol. The molecule has 2 atom stereocenters. The minimum absolute atomic E-state index is 0.113. The molecule has 0 unspecified atom stereocenters. The Labute approximate surface area is 112 Å². The van der Waals surface area contributed by atoms with Crippen LogP contribution in [0, 0.1) is 0 Å². The van der Waals surface area contributed by atoms with E-state index < -0.39 is 5.60 Å². The van der Waals surface area contributed by atoms with Crippen molar-refractivity contribution in [3.05, 3.63) is 40.9 Å². The van der Waals surface area contributed by atoms with E-state index >= 15 is 0 Å². The van der Waals surface area contributed by atoms with E-state index in [0.29, 0.717) is 5.02 Å². The van der Waals surface area contributed by atoms with Crippen LogP contribution in [0.1, 0.15) is 31.2 Å². The average Bonchev–Trinajstić information content (AvgIpc) is 3.13. The van der Waals surface area contributed by atoms with Crippen molar-refractivity contribution in [3.63, 3.8) is 0 Å². The molecule has 2 fully saturated rings. The fourth-order valence-corrected chi connectivity index (χ4v) is 2.80. The Morgan fingerprint density at radius 3 is 2.83 bits per heavy atom. The Morgan fingerprint density at radius 2 is 2.11 bits per heavy atom. The quantitative estimate of drug-likeness (QED) is 0.615. The molecule has 0 amide bonds. The first-order valence-electron chi connectivity index (χ1n) is 6.37. The van der Waals surface area contributed by atoms with Gasteiger partial charge in [-0.3, -0.25) is 4.79 Å². The predicted molar refractivity (Wildman–Crippen MR) is 71.6 cm³/mol. The van der Waals surface area contributed by atoms with E-state index in [4.69, 9.17) is 16.3 Å². The van der Waals surface area contributed by atoms with Crippen molar-refractivity contribution in [2.75, 3.05) is 0 Å². The van der Waals surface area contributed by atoms with E-state index in [1.165, 1.54) is 6.42 Å². The third-order valence-corrected chi connectivity index (χ3v) is 4.05. The highest BCUT2D eigenvalue weighted by Crippen LogP contribution is 2.48. The maximum absolute atomic E-state index is 12.2. The van der Waals surface area contributed by atoms with Gasteiger partial charge < -0.3 is 4.74 Å². The topological polar surface area (TPSA) is 29.6 Å². The lowest BCUT2D eigenvalue weighted by molar-refractivity contribution is -0.119. The standard InChI is InChI=1S/C15H15ClO2/c16-12-7-4-11(5-8-12)6-9-13(17)15-10-2-1-3-14(15)18-15/h4-9,14H,1-3,10H2/b9-6+/t14-,15-/m0/s1. The van der Waals surface area contributed by atoms with Gasteiger partial charge in [0.2, 0.25) is 0 Å². The van der Waals surface area contributed by atoms with Crippen LogP contribution in [-0.2, 0) is 9.53 Å². The minimum atomic E-state index is -0.471. The van der Waals surface area contributed by atoms with E-state index in [9.17, 15) is 4.79 Å². The summed E-state index contributed by atoms with van der Waals surface area (Å²) in [7, 11) is 0. The molecule has 2 nitrogen and oxygen atoms in total. The number of ketones is 1. The van der Waals surface area contributed by atoms with Crippen LogP contribution in [-0.4, -0.2) is 17.5 Å². The zero-order chi connectivity index (χ0) is 12.6.